The van der Waals surface area contributed by atoms with Crippen LogP contribution in [0.25, 0.3) is 93.5 Å². The molecule has 0 saturated heterocycles. The van der Waals surface area contributed by atoms with Gasteiger partial charge in [0, 0.05) is 33.5 Å². The van der Waals surface area contributed by atoms with Crippen molar-refractivity contribution in [2.24, 2.45) is 0 Å². The summed E-state index contributed by atoms with van der Waals surface area (Å²) in [6, 6.07) is 92.7. The van der Waals surface area contributed by atoms with Crippen LogP contribution in [0.3, 0.4) is 0 Å². The van der Waals surface area contributed by atoms with E-state index in [0.29, 0.717) is 0 Å². The summed E-state index contributed by atoms with van der Waals surface area (Å²) in [5, 5.41) is 7.43. The van der Waals surface area contributed by atoms with E-state index >= 15 is 0 Å². The fraction of sp³-hybridized carbons (Fsp3) is 0. The third-order valence-corrected chi connectivity index (χ3v) is 12.8. The molecule has 0 aliphatic carbocycles. The van der Waals surface area contributed by atoms with Gasteiger partial charge in [-0.15, -0.1) is 0 Å². The van der Waals surface area contributed by atoms with Crippen molar-refractivity contribution < 1.29 is 0 Å². The molecule has 2 nitrogen and oxygen atoms in total. The minimum absolute atomic E-state index is 1.09. The molecule has 0 amide bonds. The van der Waals surface area contributed by atoms with Crippen molar-refractivity contribution in [1.29, 1.82) is 0 Å². The van der Waals surface area contributed by atoms with Crippen LogP contribution < -0.4 is 4.90 Å². The zero-order valence-corrected chi connectivity index (χ0v) is 35.1. The average Bonchev–Trinajstić information content (AvgIpc) is 3.71. The molecule has 2 heteroatoms. The molecule has 0 unspecified atom stereocenters. The Balaban J connectivity index is 0.897. The third-order valence-electron chi connectivity index (χ3n) is 12.8. The minimum Gasteiger partial charge on any atom is -0.310 e. The number of benzene rings is 11. The fourth-order valence-corrected chi connectivity index (χ4v) is 9.46. The van der Waals surface area contributed by atoms with Gasteiger partial charge in [-0.2, -0.15) is 0 Å². The van der Waals surface area contributed by atoms with Gasteiger partial charge in [-0.25, -0.2) is 0 Å². The first-order chi connectivity index (χ1) is 31.7. The van der Waals surface area contributed by atoms with Crippen LogP contribution in [0.5, 0.6) is 0 Å². The second-order valence-corrected chi connectivity index (χ2v) is 16.6. The molecule has 0 aliphatic rings. The van der Waals surface area contributed by atoms with Crippen LogP contribution in [-0.4, -0.2) is 4.57 Å². The van der Waals surface area contributed by atoms with E-state index in [-0.39, 0.29) is 0 Å². The number of hydrogen-bond acceptors (Lipinski definition) is 1. The quantitative estimate of drug-likeness (QED) is 0.148. The van der Waals surface area contributed by atoms with E-state index < -0.39 is 0 Å². The molecule has 300 valence electrons. The van der Waals surface area contributed by atoms with Gasteiger partial charge in [0.25, 0.3) is 0 Å². The highest BCUT2D eigenvalue weighted by Crippen LogP contribution is 2.40. The van der Waals surface area contributed by atoms with Gasteiger partial charge in [0.2, 0.25) is 0 Å². The van der Waals surface area contributed by atoms with Gasteiger partial charge in [-0.3, -0.25) is 0 Å². The summed E-state index contributed by atoms with van der Waals surface area (Å²) < 4.78 is 2.38. The normalized spacial score (nSPS) is 11.4. The van der Waals surface area contributed by atoms with Crippen molar-refractivity contribution in [1.82, 2.24) is 4.57 Å². The first-order valence-electron chi connectivity index (χ1n) is 22.0. The van der Waals surface area contributed by atoms with Gasteiger partial charge in [-0.1, -0.05) is 182 Å². The van der Waals surface area contributed by atoms with Crippen molar-refractivity contribution >= 4 is 60.4 Å². The summed E-state index contributed by atoms with van der Waals surface area (Å²) in [6.45, 7) is 0. The summed E-state index contributed by atoms with van der Waals surface area (Å²) in [5.74, 6) is 0. The first kappa shape index (κ1) is 37.3. The Bertz CT molecular complexity index is 3570. The number of aromatic nitrogens is 1. The van der Waals surface area contributed by atoms with Crippen molar-refractivity contribution in [2.45, 2.75) is 0 Å². The van der Waals surface area contributed by atoms with Gasteiger partial charge in [0.15, 0.2) is 0 Å². The molecule has 11 aromatic carbocycles. The summed E-state index contributed by atoms with van der Waals surface area (Å²) in [4.78, 5) is 2.37. The molecule has 0 spiro atoms. The molecular formula is C62H42N2. The second kappa shape index (κ2) is 15.8. The average molecular weight is 815 g/mol. The maximum Gasteiger partial charge on any atom is 0.0541 e. The Hall–Kier alpha value is -8.46. The highest BCUT2D eigenvalue weighted by Gasteiger charge is 2.17. The number of nitrogens with zero attached hydrogens (tertiary/aromatic N) is 2. The lowest BCUT2D eigenvalue weighted by Gasteiger charge is -2.26. The van der Waals surface area contributed by atoms with Crippen molar-refractivity contribution in [2.75, 3.05) is 4.90 Å². The highest BCUT2D eigenvalue weighted by atomic mass is 15.1. The molecule has 1 aromatic heterocycles. The third kappa shape index (κ3) is 6.79. The fourth-order valence-electron chi connectivity index (χ4n) is 9.46. The Morgan fingerprint density at radius 2 is 0.594 bits per heavy atom. The highest BCUT2D eigenvalue weighted by molar-refractivity contribution is 6.09. The van der Waals surface area contributed by atoms with E-state index in [1.807, 2.05) is 0 Å². The topological polar surface area (TPSA) is 8.17 Å². The number of hydrogen-bond donors (Lipinski definition) is 0. The Kier molecular flexibility index (Phi) is 9.20. The number of para-hydroxylation sites is 2. The van der Waals surface area contributed by atoms with Crippen molar-refractivity contribution in [3.8, 4) is 50.2 Å². The molecule has 64 heavy (non-hydrogen) atoms. The van der Waals surface area contributed by atoms with Gasteiger partial charge in [0.1, 0.15) is 0 Å². The summed E-state index contributed by atoms with van der Waals surface area (Å²) >= 11 is 0. The van der Waals surface area contributed by atoms with Gasteiger partial charge in [-0.05, 0) is 139 Å². The molecule has 1 heterocycles. The van der Waals surface area contributed by atoms with E-state index in [0.717, 1.165) is 22.7 Å². The molecule has 0 radical (unpaired) electrons. The van der Waals surface area contributed by atoms with Crippen molar-refractivity contribution in [3.63, 3.8) is 0 Å². The minimum atomic E-state index is 1.09. The van der Waals surface area contributed by atoms with Crippen LogP contribution in [0.2, 0.25) is 0 Å². The molecule has 0 bridgehead atoms. The van der Waals surface area contributed by atoms with E-state index in [4.69, 9.17) is 0 Å². The van der Waals surface area contributed by atoms with E-state index in [1.54, 1.807) is 0 Å². The Morgan fingerprint density at radius 1 is 0.234 bits per heavy atom. The first-order valence-corrected chi connectivity index (χ1v) is 22.0. The number of fused-ring (bicyclic) bond motifs is 5. The number of anilines is 3. The number of rotatable bonds is 8. The zero-order chi connectivity index (χ0) is 42.4. The molecule has 12 rings (SSSR count). The maximum absolute atomic E-state index is 2.38. The lowest BCUT2D eigenvalue weighted by atomic mass is 9.98. The molecule has 12 aromatic rings. The molecular weight excluding hydrogens is 773 g/mol. The van der Waals surface area contributed by atoms with Crippen molar-refractivity contribution in [3.05, 3.63) is 255 Å². The van der Waals surface area contributed by atoms with Crippen LogP contribution in [-0.2, 0) is 0 Å². The summed E-state index contributed by atoms with van der Waals surface area (Å²) in [5.41, 5.74) is 16.5. The van der Waals surface area contributed by atoms with Crippen LogP contribution >= 0.6 is 0 Å². The smallest absolute Gasteiger partial charge is 0.0541 e. The standard InChI is InChI=1S/C62H42N2/c1-2-10-43(11-3-1)45-18-22-49(23-19-45)52-28-29-54-42-58(35-32-53(54)41-52)63(56-36-38-57(39-37-56)64-61-16-8-6-14-59(61)60-15-7-9-17-62(60)64)55-33-30-47(31-34-55)46-20-24-48(25-21-46)51-27-26-44-12-4-5-13-50(44)40-51/h1-42H. The lowest BCUT2D eigenvalue weighted by Crippen LogP contribution is -2.10. The largest absolute Gasteiger partial charge is 0.310 e. The Morgan fingerprint density at radius 3 is 1.17 bits per heavy atom. The summed E-state index contributed by atoms with van der Waals surface area (Å²) in [7, 11) is 0. The monoisotopic (exact) mass is 814 g/mol. The van der Waals surface area contributed by atoms with Gasteiger partial charge in [0.05, 0.1) is 11.0 Å². The van der Waals surface area contributed by atoms with Crippen LogP contribution in [0.15, 0.2) is 255 Å². The van der Waals surface area contributed by atoms with Gasteiger partial charge >= 0.3 is 0 Å². The molecule has 0 atom stereocenters. The second-order valence-electron chi connectivity index (χ2n) is 16.6. The molecule has 0 saturated carbocycles. The molecule has 0 fully saturated rings. The maximum atomic E-state index is 2.38. The molecule has 0 aliphatic heterocycles. The van der Waals surface area contributed by atoms with Crippen LogP contribution in [0.1, 0.15) is 0 Å². The summed E-state index contributed by atoms with van der Waals surface area (Å²) in [6.07, 6.45) is 0. The van der Waals surface area contributed by atoms with E-state index in [9.17, 15) is 0 Å². The SMILES string of the molecule is c1ccc(-c2ccc(-c3ccc4cc(N(c5ccc(-c6ccc(-c7ccc8ccccc8c7)cc6)cc5)c5ccc(-n6c7ccccc7c7ccccc76)cc5)ccc4c3)cc2)cc1. The Labute approximate surface area is 373 Å². The van der Waals surface area contributed by atoms with E-state index in [1.165, 1.54) is 87.9 Å². The predicted octanol–water partition coefficient (Wildman–Crippen LogP) is 17.2. The lowest BCUT2D eigenvalue weighted by molar-refractivity contribution is 1.17. The van der Waals surface area contributed by atoms with Gasteiger partial charge < -0.3 is 9.47 Å². The zero-order valence-electron chi connectivity index (χ0n) is 35.1. The van der Waals surface area contributed by atoms with Crippen LogP contribution in [0.4, 0.5) is 17.1 Å². The molecule has 0 N–H and O–H groups in total. The van der Waals surface area contributed by atoms with E-state index in [2.05, 4.69) is 264 Å². The van der Waals surface area contributed by atoms with Crippen LogP contribution in [0, 0.1) is 0 Å². The predicted molar refractivity (Wildman–Crippen MR) is 272 cm³/mol.